The molecule has 30 heavy (non-hydrogen) atoms. The Hall–Kier alpha value is -2.16. The molecule has 1 amide bonds. The van der Waals surface area contributed by atoms with Crippen molar-refractivity contribution in [1.29, 1.82) is 0 Å². The van der Waals surface area contributed by atoms with Crippen LogP contribution < -0.4 is 5.32 Å². The summed E-state index contributed by atoms with van der Waals surface area (Å²) in [6, 6.07) is 13.3. The lowest BCUT2D eigenvalue weighted by Gasteiger charge is -2.16. The number of rotatable bonds is 5. The van der Waals surface area contributed by atoms with Crippen LogP contribution in [0.5, 0.6) is 0 Å². The highest BCUT2D eigenvalue weighted by molar-refractivity contribution is 7.99. The van der Waals surface area contributed by atoms with Gasteiger partial charge in [0.25, 0.3) is 0 Å². The van der Waals surface area contributed by atoms with E-state index in [1.54, 1.807) is 24.3 Å². The van der Waals surface area contributed by atoms with Crippen molar-refractivity contribution in [2.45, 2.75) is 35.9 Å². The third kappa shape index (κ3) is 4.94. The maximum absolute atomic E-state index is 13.1. The van der Waals surface area contributed by atoms with Gasteiger partial charge in [0, 0.05) is 14.8 Å². The first kappa shape index (κ1) is 22.5. The molecule has 0 spiro atoms. The Morgan fingerprint density at radius 3 is 2.37 bits per heavy atom. The first-order valence-electron chi connectivity index (χ1n) is 8.73. The molecular weight excluding hydrogens is 458 g/mol. The summed E-state index contributed by atoms with van der Waals surface area (Å²) in [7, 11) is 0. The molecule has 0 saturated heterocycles. The zero-order chi connectivity index (χ0) is 22.1. The third-order valence-electron chi connectivity index (χ3n) is 4.28. The fraction of sp³-hybridized carbons (Fsp3) is 0.200. The quantitative estimate of drug-likeness (QED) is 0.439. The van der Waals surface area contributed by atoms with Gasteiger partial charge in [-0.2, -0.15) is 18.3 Å². The Balaban J connectivity index is 1.82. The minimum atomic E-state index is -4.70. The van der Waals surface area contributed by atoms with E-state index in [2.05, 4.69) is 10.4 Å². The summed E-state index contributed by atoms with van der Waals surface area (Å²) in [6.45, 7) is 2.85. The molecule has 0 radical (unpaired) electrons. The highest BCUT2D eigenvalue weighted by Crippen LogP contribution is 2.37. The van der Waals surface area contributed by atoms with Crippen LogP contribution in [0.25, 0.3) is 0 Å². The lowest BCUT2D eigenvalue weighted by molar-refractivity contribution is -0.141. The first-order chi connectivity index (χ1) is 14.1. The molecule has 3 aromatic rings. The summed E-state index contributed by atoms with van der Waals surface area (Å²) in [5.74, 6) is -0.518. The highest BCUT2D eigenvalue weighted by atomic mass is 35.5. The predicted octanol–water partition coefficient (Wildman–Crippen LogP) is 6.87. The molecule has 3 rings (SSSR count). The fourth-order valence-corrected chi connectivity index (χ4v) is 3.95. The van der Waals surface area contributed by atoms with Gasteiger partial charge in [0.1, 0.15) is 6.04 Å². The molecule has 1 aromatic heterocycles. The van der Waals surface area contributed by atoms with Crippen molar-refractivity contribution in [3.05, 3.63) is 70.0 Å². The van der Waals surface area contributed by atoms with Crippen LogP contribution in [0.1, 0.15) is 24.4 Å². The smallest absolute Gasteiger partial charge is 0.323 e. The Bertz CT molecular complexity index is 1070. The number of benzene rings is 2. The van der Waals surface area contributed by atoms with Gasteiger partial charge in [-0.25, -0.2) is 0 Å². The zero-order valence-electron chi connectivity index (χ0n) is 15.8. The second-order valence-corrected chi connectivity index (χ2v) is 8.34. The van der Waals surface area contributed by atoms with Gasteiger partial charge in [0.15, 0.2) is 5.69 Å². The number of carbonyl (C=O) groups excluding carboxylic acids is 1. The van der Waals surface area contributed by atoms with E-state index in [-0.39, 0.29) is 5.69 Å². The van der Waals surface area contributed by atoms with Gasteiger partial charge in [0.2, 0.25) is 5.91 Å². The van der Waals surface area contributed by atoms with E-state index in [4.69, 9.17) is 23.2 Å². The molecule has 10 heteroatoms. The number of hydrogen-bond acceptors (Lipinski definition) is 3. The van der Waals surface area contributed by atoms with Crippen molar-refractivity contribution in [2.24, 2.45) is 0 Å². The first-order valence-corrected chi connectivity index (χ1v) is 10.3. The van der Waals surface area contributed by atoms with Gasteiger partial charge in [0.05, 0.1) is 16.4 Å². The van der Waals surface area contributed by atoms with Crippen LogP contribution in [0.15, 0.2) is 58.3 Å². The SMILES string of the molecule is Cc1c(Cl)c(C(F)(F)F)nn1C(C)C(=O)Nc1ccccc1Sc1ccc(Cl)cc1. The predicted molar refractivity (Wildman–Crippen MR) is 112 cm³/mol. The van der Waals surface area contributed by atoms with E-state index < -0.39 is 28.8 Å². The number of halogens is 5. The van der Waals surface area contributed by atoms with Crippen molar-refractivity contribution in [1.82, 2.24) is 9.78 Å². The molecule has 0 aliphatic rings. The van der Waals surface area contributed by atoms with E-state index in [1.807, 2.05) is 24.3 Å². The number of para-hydroxylation sites is 1. The van der Waals surface area contributed by atoms with Gasteiger partial charge in [-0.1, -0.05) is 47.1 Å². The molecule has 1 heterocycles. The molecule has 0 aliphatic heterocycles. The van der Waals surface area contributed by atoms with Crippen LogP contribution in [0.2, 0.25) is 10.0 Å². The second kappa shape index (κ2) is 8.91. The lowest BCUT2D eigenvalue weighted by atomic mass is 10.2. The minimum absolute atomic E-state index is 0.0652. The molecule has 1 atom stereocenters. The number of amides is 1. The van der Waals surface area contributed by atoms with E-state index >= 15 is 0 Å². The summed E-state index contributed by atoms with van der Waals surface area (Å²) in [6.07, 6.45) is -4.70. The van der Waals surface area contributed by atoms with E-state index in [0.717, 1.165) is 14.5 Å². The Labute approximate surface area is 185 Å². The Morgan fingerprint density at radius 2 is 1.77 bits per heavy atom. The zero-order valence-corrected chi connectivity index (χ0v) is 18.1. The van der Waals surface area contributed by atoms with E-state index in [1.165, 1.54) is 25.6 Å². The van der Waals surface area contributed by atoms with Crippen molar-refractivity contribution in [3.63, 3.8) is 0 Å². The molecule has 2 aromatic carbocycles. The number of aromatic nitrogens is 2. The van der Waals surface area contributed by atoms with Crippen LogP contribution in [-0.2, 0) is 11.0 Å². The maximum Gasteiger partial charge on any atom is 0.436 e. The van der Waals surface area contributed by atoms with Gasteiger partial charge in [-0.05, 0) is 50.2 Å². The van der Waals surface area contributed by atoms with Gasteiger partial charge in [-0.3, -0.25) is 9.48 Å². The van der Waals surface area contributed by atoms with Gasteiger partial charge < -0.3 is 5.32 Å². The molecular formula is C20H16Cl2F3N3OS. The summed E-state index contributed by atoms with van der Waals surface area (Å²) in [5, 5.41) is 6.39. The number of alkyl halides is 3. The van der Waals surface area contributed by atoms with E-state index in [9.17, 15) is 18.0 Å². The molecule has 0 bridgehead atoms. The molecule has 0 saturated carbocycles. The Kier molecular flexibility index (Phi) is 6.69. The number of carbonyl (C=O) groups is 1. The lowest BCUT2D eigenvalue weighted by Crippen LogP contribution is -2.25. The molecule has 158 valence electrons. The van der Waals surface area contributed by atoms with Crippen LogP contribution in [0.3, 0.4) is 0 Å². The standard InChI is InChI=1S/C20H16Cl2F3N3OS/c1-11-17(22)18(20(23,24)25)27-28(11)12(2)19(29)26-15-5-3-4-6-16(15)30-14-9-7-13(21)8-10-14/h3-10,12H,1-2H3,(H,26,29). The molecule has 0 fully saturated rings. The van der Waals surface area contributed by atoms with E-state index in [0.29, 0.717) is 10.7 Å². The summed E-state index contributed by atoms with van der Waals surface area (Å²) >= 11 is 13.1. The van der Waals surface area contributed by atoms with Crippen molar-refractivity contribution in [3.8, 4) is 0 Å². The number of nitrogens with one attached hydrogen (secondary N) is 1. The van der Waals surface area contributed by atoms with Crippen molar-refractivity contribution >= 4 is 46.6 Å². The molecule has 1 N–H and O–H groups in total. The summed E-state index contributed by atoms with van der Waals surface area (Å²) < 4.78 is 40.2. The van der Waals surface area contributed by atoms with Crippen molar-refractivity contribution in [2.75, 3.05) is 5.32 Å². The molecule has 4 nitrogen and oxygen atoms in total. The summed E-state index contributed by atoms with van der Waals surface area (Å²) in [5.41, 5.74) is -0.614. The van der Waals surface area contributed by atoms with Gasteiger partial charge >= 0.3 is 6.18 Å². The van der Waals surface area contributed by atoms with Crippen LogP contribution >= 0.6 is 35.0 Å². The minimum Gasteiger partial charge on any atom is -0.323 e. The fourth-order valence-electron chi connectivity index (χ4n) is 2.69. The number of anilines is 1. The average Bonchev–Trinajstić information content (AvgIpc) is 2.99. The van der Waals surface area contributed by atoms with Crippen LogP contribution in [0.4, 0.5) is 18.9 Å². The third-order valence-corrected chi connectivity index (χ3v) is 6.07. The van der Waals surface area contributed by atoms with Crippen molar-refractivity contribution < 1.29 is 18.0 Å². The topological polar surface area (TPSA) is 46.9 Å². The number of nitrogens with zero attached hydrogens (tertiary/aromatic N) is 2. The molecule has 0 aliphatic carbocycles. The summed E-state index contributed by atoms with van der Waals surface area (Å²) in [4.78, 5) is 14.4. The largest absolute Gasteiger partial charge is 0.436 e. The van der Waals surface area contributed by atoms with Crippen LogP contribution in [0, 0.1) is 6.92 Å². The maximum atomic E-state index is 13.1. The molecule has 1 unspecified atom stereocenters. The number of hydrogen-bond donors (Lipinski definition) is 1. The monoisotopic (exact) mass is 473 g/mol. The normalized spacial score (nSPS) is 12.6. The second-order valence-electron chi connectivity index (χ2n) is 6.41. The van der Waals surface area contributed by atoms with Gasteiger partial charge in [-0.15, -0.1) is 0 Å². The highest BCUT2D eigenvalue weighted by Gasteiger charge is 2.39. The Morgan fingerprint density at radius 1 is 1.13 bits per heavy atom. The van der Waals surface area contributed by atoms with Crippen LogP contribution in [-0.4, -0.2) is 15.7 Å². The average molecular weight is 474 g/mol.